The van der Waals surface area contributed by atoms with Crippen molar-refractivity contribution in [1.29, 1.82) is 0 Å². The molecule has 2 rings (SSSR count). The second kappa shape index (κ2) is 6.09. The lowest BCUT2D eigenvalue weighted by Crippen LogP contribution is -2.42. The smallest absolute Gasteiger partial charge is 0.191 e. The van der Waals surface area contributed by atoms with Gasteiger partial charge in [-0.25, -0.2) is 0 Å². The summed E-state index contributed by atoms with van der Waals surface area (Å²) in [5, 5.41) is 6.74. The van der Waals surface area contributed by atoms with Gasteiger partial charge in [0.05, 0.1) is 0 Å². The molecular formula is C14H19N3. The van der Waals surface area contributed by atoms with Crippen molar-refractivity contribution in [1.82, 2.24) is 10.6 Å². The summed E-state index contributed by atoms with van der Waals surface area (Å²) in [7, 11) is 1.81. The van der Waals surface area contributed by atoms with Gasteiger partial charge < -0.3 is 10.6 Å². The lowest BCUT2D eigenvalue weighted by molar-refractivity contribution is 0.633. The Kier molecular flexibility index (Phi) is 4.19. The molecule has 1 aromatic carbocycles. The van der Waals surface area contributed by atoms with E-state index in [9.17, 15) is 0 Å². The predicted octanol–water partition coefficient (Wildman–Crippen LogP) is 2.07. The van der Waals surface area contributed by atoms with Crippen LogP contribution in [0.3, 0.4) is 0 Å². The van der Waals surface area contributed by atoms with Crippen molar-refractivity contribution in [2.45, 2.75) is 25.4 Å². The Balaban J connectivity index is 1.80. The lowest BCUT2D eigenvalue weighted by Gasteiger charge is -2.16. The highest BCUT2D eigenvalue weighted by atomic mass is 15.2. The van der Waals surface area contributed by atoms with Crippen molar-refractivity contribution >= 4 is 5.96 Å². The molecule has 2 N–H and O–H groups in total. The van der Waals surface area contributed by atoms with Crippen LogP contribution in [0.25, 0.3) is 0 Å². The summed E-state index contributed by atoms with van der Waals surface area (Å²) in [4.78, 5) is 4.23. The first kappa shape index (κ1) is 11.7. The molecule has 0 spiro atoms. The summed E-state index contributed by atoms with van der Waals surface area (Å²) < 4.78 is 0. The average molecular weight is 229 g/mol. The molecular weight excluding hydrogens is 210 g/mol. The molecule has 0 bridgehead atoms. The first-order chi connectivity index (χ1) is 8.38. The molecule has 0 amide bonds. The molecule has 3 heteroatoms. The third-order valence-corrected chi connectivity index (χ3v) is 2.88. The van der Waals surface area contributed by atoms with Crippen LogP contribution in [0.4, 0.5) is 0 Å². The normalized spacial score (nSPS) is 16.2. The molecule has 1 aliphatic rings. The van der Waals surface area contributed by atoms with E-state index in [-0.39, 0.29) is 0 Å². The Morgan fingerprint density at radius 3 is 2.59 bits per heavy atom. The van der Waals surface area contributed by atoms with Crippen molar-refractivity contribution in [3.63, 3.8) is 0 Å². The Morgan fingerprint density at radius 1 is 1.24 bits per heavy atom. The molecule has 1 aromatic rings. The third-order valence-electron chi connectivity index (χ3n) is 2.88. The number of nitrogens with one attached hydrogen (secondary N) is 2. The van der Waals surface area contributed by atoms with E-state index < -0.39 is 0 Å². The molecule has 90 valence electrons. The molecule has 0 aliphatic heterocycles. The van der Waals surface area contributed by atoms with Crippen LogP contribution in [0.1, 0.15) is 18.4 Å². The minimum Gasteiger partial charge on any atom is -0.353 e. The van der Waals surface area contributed by atoms with E-state index in [1.165, 1.54) is 5.56 Å². The fourth-order valence-electron chi connectivity index (χ4n) is 1.90. The Labute approximate surface area is 103 Å². The van der Waals surface area contributed by atoms with Gasteiger partial charge in [-0.2, -0.15) is 0 Å². The van der Waals surface area contributed by atoms with Crippen molar-refractivity contribution < 1.29 is 0 Å². The summed E-state index contributed by atoms with van der Waals surface area (Å²) >= 11 is 0. The zero-order valence-corrected chi connectivity index (χ0v) is 10.2. The van der Waals surface area contributed by atoms with E-state index in [0.29, 0.717) is 6.04 Å². The Morgan fingerprint density at radius 2 is 1.94 bits per heavy atom. The molecule has 0 atom stereocenters. The van der Waals surface area contributed by atoms with Gasteiger partial charge >= 0.3 is 0 Å². The van der Waals surface area contributed by atoms with Crippen LogP contribution in [-0.4, -0.2) is 19.0 Å². The number of aliphatic imine (C=N–C) groups is 1. The summed E-state index contributed by atoms with van der Waals surface area (Å²) in [6.07, 6.45) is 6.60. The monoisotopic (exact) mass is 229 g/mol. The van der Waals surface area contributed by atoms with Crippen molar-refractivity contribution in [3.8, 4) is 0 Å². The first-order valence-corrected chi connectivity index (χ1v) is 6.04. The van der Waals surface area contributed by atoms with E-state index in [4.69, 9.17) is 0 Å². The maximum absolute atomic E-state index is 4.23. The van der Waals surface area contributed by atoms with Gasteiger partial charge in [0, 0.05) is 19.6 Å². The molecule has 0 radical (unpaired) electrons. The average Bonchev–Trinajstić information content (AvgIpc) is 2.88. The molecule has 0 heterocycles. The van der Waals surface area contributed by atoms with Crippen LogP contribution in [0.15, 0.2) is 47.5 Å². The molecule has 1 aliphatic carbocycles. The summed E-state index contributed by atoms with van der Waals surface area (Å²) in [5.41, 5.74) is 1.26. The van der Waals surface area contributed by atoms with E-state index in [0.717, 1.165) is 25.3 Å². The van der Waals surface area contributed by atoms with Crippen molar-refractivity contribution in [2.75, 3.05) is 7.05 Å². The van der Waals surface area contributed by atoms with E-state index in [2.05, 4.69) is 39.9 Å². The number of hydrogen-bond acceptors (Lipinski definition) is 1. The van der Waals surface area contributed by atoms with Crippen LogP contribution >= 0.6 is 0 Å². The van der Waals surface area contributed by atoms with Gasteiger partial charge in [-0.1, -0.05) is 42.5 Å². The van der Waals surface area contributed by atoms with E-state index in [1.54, 1.807) is 0 Å². The van der Waals surface area contributed by atoms with Crippen LogP contribution < -0.4 is 10.6 Å². The van der Waals surface area contributed by atoms with Gasteiger partial charge in [0.2, 0.25) is 0 Å². The van der Waals surface area contributed by atoms with Crippen LogP contribution in [0.2, 0.25) is 0 Å². The number of nitrogens with zero attached hydrogens (tertiary/aromatic N) is 1. The zero-order chi connectivity index (χ0) is 11.9. The predicted molar refractivity (Wildman–Crippen MR) is 71.9 cm³/mol. The molecule has 0 saturated carbocycles. The van der Waals surface area contributed by atoms with Crippen LogP contribution in [-0.2, 0) is 6.54 Å². The topological polar surface area (TPSA) is 36.4 Å². The van der Waals surface area contributed by atoms with Crippen molar-refractivity contribution in [2.24, 2.45) is 4.99 Å². The fourth-order valence-corrected chi connectivity index (χ4v) is 1.90. The highest BCUT2D eigenvalue weighted by molar-refractivity contribution is 5.80. The number of rotatable bonds is 3. The Hall–Kier alpha value is -1.77. The van der Waals surface area contributed by atoms with Crippen LogP contribution in [0.5, 0.6) is 0 Å². The quantitative estimate of drug-likeness (QED) is 0.473. The second-order valence-corrected chi connectivity index (χ2v) is 4.20. The van der Waals surface area contributed by atoms with Gasteiger partial charge in [-0.05, 0) is 18.4 Å². The van der Waals surface area contributed by atoms with Crippen molar-refractivity contribution in [3.05, 3.63) is 48.0 Å². The molecule has 17 heavy (non-hydrogen) atoms. The fraction of sp³-hybridized carbons (Fsp3) is 0.357. The molecule has 0 unspecified atom stereocenters. The number of guanidine groups is 1. The molecule has 0 saturated heterocycles. The number of benzene rings is 1. The summed E-state index contributed by atoms with van der Waals surface area (Å²) in [5.74, 6) is 0.877. The van der Waals surface area contributed by atoms with Crippen LogP contribution in [0, 0.1) is 0 Å². The first-order valence-electron chi connectivity index (χ1n) is 6.04. The molecule has 3 nitrogen and oxygen atoms in total. The zero-order valence-electron chi connectivity index (χ0n) is 10.2. The van der Waals surface area contributed by atoms with Gasteiger partial charge in [-0.15, -0.1) is 0 Å². The molecule has 0 fully saturated rings. The minimum atomic E-state index is 0.497. The standard InChI is InChI=1S/C14H19N3/c1-15-14(17-13-9-5-6-10-13)16-11-12-7-3-2-4-8-12/h2-8,13H,9-11H2,1H3,(H2,15,16,17). The number of hydrogen-bond donors (Lipinski definition) is 2. The van der Waals surface area contributed by atoms with Gasteiger partial charge in [-0.3, -0.25) is 4.99 Å². The van der Waals surface area contributed by atoms with Gasteiger partial charge in [0.25, 0.3) is 0 Å². The maximum Gasteiger partial charge on any atom is 0.191 e. The maximum atomic E-state index is 4.23. The molecule has 0 aromatic heterocycles. The lowest BCUT2D eigenvalue weighted by atomic mass is 10.2. The van der Waals surface area contributed by atoms with E-state index in [1.807, 2.05) is 25.2 Å². The highest BCUT2D eigenvalue weighted by Crippen LogP contribution is 2.08. The third kappa shape index (κ3) is 3.63. The second-order valence-electron chi connectivity index (χ2n) is 4.20. The largest absolute Gasteiger partial charge is 0.353 e. The van der Waals surface area contributed by atoms with E-state index >= 15 is 0 Å². The SMILES string of the molecule is CN=C(NCc1ccccc1)NC1CC=CC1. The van der Waals surface area contributed by atoms with Gasteiger partial charge in [0.1, 0.15) is 0 Å². The summed E-state index contributed by atoms with van der Waals surface area (Å²) in [6.45, 7) is 0.806. The highest BCUT2D eigenvalue weighted by Gasteiger charge is 2.11. The Bertz CT molecular complexity index is 387. The summed E-state index contributed by atoms with van der Waals surface area (Å²) in [6, 6.07) is 10.8. The minimum absolute atomic E-state index is 0.497. The van der Waals surface area contributed by atoms with Gasteiger partial charge in [0.15, 0.2) is 5.96 Å².